The fourth-order valence-corrected chi connectivity index (χ4v) is 4.17. The van der Waals surface area contributed by atoms with Crippen LogP contribution < -0.4 is 4.90 Å². The standard InChI is InChI=1S/C19H18N2OS/c1-20-12-6-7-14(13-20)19(22)21-15-8-2-4-10-17(15)23-18-11-5-3-9-16(18)21/h2-5,7-11H,6,12-13H2,1H3. The van der Waals surface area contributed by atoms with E-state index in [0.29, 0.717) is 6.54 Å². The molecule has 4 heteroatoms. The summed E-state index contributed by atoms with van der Waals surface area (Å²) in [5.41, 5.74) is 2.85. The Morgan fingerprint density at radius 3 is 2.22 bits per heavy atom. The predicted molar refractivity (Wildman–Crippen MR) is 94.4 cm³/mol. The van der Waals surface area contributed by atoms with Gasteiger partial charge >= 0.3 is 0 Å². The van der Waals surface area contributed by atoms with Crippen molar-refractivity contribution in [2.75, 3.05) is 25.0 Å². The normalized spacial score (nSPS) is 17.3. The first-order valence-corrected chi connectivity index (χ1v) is 8.63. The molecule has 0 spiro atoms. The number of amides is 1. The van der Waals surface area contributed by atoms with Crippen LogP contribution in [-0.2, 0) is 4.79 Å². The molecule has 0 fully saturated rings. The molecule has 1 amide bonds. The molecular formula is C19H18N2OS. The fraction of sp³-hybridized carbons (Fsp3) is 0.211. The smallest absolute Gasteiger partial charge is 0.259 e. The third kappa shape index (κ3) is 2.58. The van der Waals surface area contributed by atoms with Gasteiger partial charge in [0.1, 0.15) is 0 Å². The minimum atomic E-state index is 0.0942. The average Bonchev–Trinajstić information content (AvgIpc) is 2.59. The number of carbonyl (C=O) groups is 1. The molecule has 0 radical (unpaired) electrons. The van der Waals surface area contributed by atoms with Crippen LogP contribution in [0.2, 0.25) is 0 Å². The zero-order chi connectivity index (χ0) is 15.8. The van der Waals surface area contributed by atoms with Crippen LogP contribution in [0.4, 0.5) is 11.4 Å². The number of fused-ring (bicyclic) bond motifs is 2. The van der Waals surface area contributed by atoms with Gasteiger partial charge in [0.15, 0.2) is 0 Å². The summed E-state index contributed by atoms with van der Waals surface area (Å²) in [4.78, 5) is 19.6. The molecule has 0 aliphatic carbocycles. The minimum absolute atomic E-state index is 0.0942. The third-order valence-electron chi connectivity index (χ3n) is 4.25. The Morgan fingerprint density at radius 2 is 1.61 bits per heavy atom. The van der Waals surface area contributed by atoms with Gasteiger partial charge in [0.05, 0.1) is 11.4 Å². The van der Waals surface area contributed by atoms with Crippen molar-refractivity contribution in [2.45, 2.75) is 16.2 Å². The highest BCUT2D eigenvalue weighted by Crippen LogP contribution is 2.48. The largest absolute Gasteiger partial charge is 0.302 e. The SMILES string of the molecule is CN1CCC=C(C(=O)N2c3ccccc3Sc3ccccc32)C1. The Bertz CT molecular complexity index is 754. The number of likely N-dealkylation sites (N-methyl/N-ethyl adjacent to an activating group) is 1. The van der Waals surface area contributed by atoms with E-state index >= 15 is 0 Å². The first-order valence-electron chi connectivity index (χ1n) is 7.82. The lowest BCUT2D eigenvalue weighted by atomic mass is 10.1. The molecule has 2 aromatic rings. The number of hydrogen-bond donors (Lipinski definition) is 0. The van der Waals surface area contributed by atoms with Crippen molar-refractivity contribution < 1.29 is 4.79 Å². The molecular weight excluding hydrogens is 304 g/mol. The van der Waals surface area contributed by atoms with E-state index in [1.54, 1.807) is 11.8 Å². The zero-order valence-electron chi connectivity index (χ0n) is 13.0. The zero-order valence-corrected chi connectivity index (χ0v) is 13.8. The monoisotopic (exact) mass is 322 g/mol. The van der Waals surface area contributed by atoms with Gasteiger partial charge in [-0.25, -0.2) is 0 Å². The third-order valence-corrected chi connectivity index (χ3v) is 5.38. The second kappa shape index (κ2) is 5.87. The molecule has 0 N–H and O–H groups in total. The Hall–Kier alpha value is -2.04. The molecule has 23 heavy (non-hydrogen) atoms. The maximum Gasteiger partial charge on any atom is 0.259 e. The summed E-state index contributed by atoms with van der Waals surface area (Å²) in [6.45, 7) is 1.73. The summed E-state index contributed by atoms with van der Waals surface area (Å²) in [5, 5.41) is 0. The van der Waals surface area contributed by atoms with E-state index in [9.17, 15) is 4.79 Å². The van der Waals surface area contributed by atoms with Gasteiger partial charge in [-0.05, 0) is 37.7 Å². The quantitative estimate of drug-likeness (QED) is 0.790. The van der Waals surface area contributed by atoms with Crippen molar-refractivity contribution in [3.8, 4) is 0 Å². The molecule has 116 valence electrons. The lowest BCUT2D eigenvalue weighted by Crippen LogP contribution is -2.36. The lowest BCUT2D eigenvalue weighted by Gasteiger charge is -2.33. The highest BCUT2D eigenvalue weighted by Gasteiger charge is 2.30. The van der Waals surface area contributed by atoms with Crippen LogP contribution in [0.1, 0.15) is 6.42 Å². The van der Waals surface area contributed by atoms with Crippen LogP contribution in [0.25, 0.3) is 0 Å². The van der Waals surface area contributed by atoms with E-state index in [4.69, 9.17) is 0 Å². The van der Waals surface area contributed by atoms with Crippen molar-refractivity contribution in [3.63, 3.8) is 0 Å². The number of carbonyl (C=O) groups excluding carboxylic acids is 1. The van der Waals surface area contributed by atoms with Crippen molar-refractivity contribution >= 4 is 29.0 Å². The van der Waals surface area contributed by atoms with Gasteiger partial charge in [0.2, 0.25) is 0 Å². The molecule has 2 aliphatic rings. The second-order valence-corrected chi connectivity index (χ2v) is 7.02. The van der Waals surface area contributed by atoms with Gasteiger partial charge < -0.3 is 4.90 Å². The molecule has 2 aliphatic heterocycles. The summed E-state index contributed by atoms with van der Waals surface area (Å²) >= 11 is 1.73. The Morgan fingerprint density at radius 1 is 1.00 bits per heavy atom. The van der Waals surface area contributed by atoms with E-state index in [1.807, 2.05) is 41.3 Å². The van der Waals surface area contributed by atoms with Gasteiger partial charge in [-0.15, -0.1) is 0 Å². The summed E-state index contributed by atoms with van der Waals surface area (Å²) in [5.74, 6) is 0.0942. The van der Waals surface area contributed by atoms with Crippen LogP contribution in [0, 0.1) is 0 Å². The summed E-state index contributed by atoms with van der Waals surface area (Å²) < 4.78 is 0. The fourth-order valence-electron chi connectivity index (χ4n) is 3.12. The Labute approximate surface area is 140 Å². The van der Waals surface area contributed by atoms with Crippen LogP contribution in [0.3, 0.4) is 0 Å². The van der Waals surface area contributed by atoms with E-state index < -0.39 is 0 Å². The summed E-state index contributed by atoms with van der Waals surface area (Å²) in [7, 11) is 2.06. The average molecular weight is 322 g/mol. The molecule has 0 unspecified atom stereocenters. The van der Waals surface area contributed by atoms with Gasteiger partial charge in [0, 0.05) is 28.5 Å². The molecule has 0 saturated carbocycles. The number of hydrogen-bond acceptors (Lipinski definition) is 3. The lowest BCUT2D eigenvalue weighted by molar-refractivity contribution is -0.114. The van der Waals surface area contributed by atoms with Crippen molar-refractivity contribution in [2.24, 2.45) is 0 Å². The number of para-hydroxylation sites is 2. The summed E-state index contributed by atoms with van der Waals surface area (Å²) in [6, 6.07) is 16.3. The number of benzene rings is 2. The molecule has 2 heterocycles. The van der Waals surface area contributed by atoms with Gasteiger partial charge in [-0.3, -0.25) is 9.69 Å². The Kier molecular flexibility index (Phi) is 3.71. The molecule has 0 saturated heterocycles. The van der Waals surface area contributed by atoms with Gasteiger partial charge in [-0.2, -0.15) is 0 Å². The van der Waals surface area contributed by atoms with Gasteiger partial charge in [-0.1, -0.05) is 42.1 Å². The molecule has 0 bridgehead atoms. The van der Waals surface area contributed by atoms with Crippen LogP contribution in [0.15, 0.2) is 70.0 Å². The second-order valence-electron chi connectivity index (χ2n) is 5.93. The van der Waals surface area contributed by atoms with E-state index in [2.05, 4.69) is 30.2 Å². The van der Waals surface area contributed by atoms with Crippen molar-refractivity contribution in [1.82, 2.24) is 4.90 Å². The van der Waals surface area contributed by atoms with Gasteiger partial charge in [0.25, 0.3) is 5.91 Å². The minimum Gasteiger partial charge on any atom is -0.302 e. The first-order chi connectivity index (χ1) is 11.2. The van der Waals surface area contributed by atoms with E-state index in [0.717, 1.165) is 39.7 Å². The number of rotatable bonds is 1. The molecule has 0 atom stereocenters. The van der Waals surface area contributed by atoms with Crippen LogP contribution in [0.5, 0.6) is 0 Å². The Balaban J connectivity index is 1.81. The molecule has 0 aromatic heterocycles. The van der Waals surface area contributed by atoms with Crippen molar-refractivity contribution in [1.29, 1.82) is 0 Å². The molecule has 4 rings (SSSR count). The van der Waals surface area contributed by atoms with E-state index in [-0.39, 0.29) is 5.91 Å². The maximum absolute atomic E-state index is 13.2. The topological polar surface area (TPSA) is 23.6 Å². The van der Waals surface area contributed by atoms with Crippen LogP contribution >= 0.6 is 11.8 Å². The highest BCUT2D eigenvalue weighted by molar-refractivity contribution is 7.99. The predicted octanol–water partition coefficient (Wildman–Crippen LogP) is 4.08. The molecule has 2 aromatic carbocycles. The van der Waals surface area contributed by atoms with E-state index in [1.165, 1.54) is 0 Å². The molecule has 3 nitrogen and oxygen atoms in total. The summed E-state index contributed by atoms with van der Waals surface area (Å²) in [6.07, 6.45) is 3.03. The number of anilines is 2. The van der Waals surface area contributed by atoms with Crippen LogP contribution in [-0.4, -0.2) is 30.9 Å². The maximum atomic E-state index is 13.2. The van der Waals surface area contributed by atoms with Crippen molar-refractivity contribution in [3.05, 3.63) is 60.2 Å². The number of nitrogens with zero attached hydrogens (tertiary/aromatic N) is 2. The highest BCUT2D eigenvalue weighted by atomic mass is 32.2. The first kappa shape index (κ1) is 14.5.